The molecule has 0 radical (unpaired) electrons. The van der Waals surface area contributed by atoms with E-state index in [-0.39, 0.29) is 18.3 Å². The maximum Gasteiger partial charge on any atom is 0.281 e. The molecule has 0 spiro atoms. The van der Waals surface area contributed by atoms with Gasteiger partial charge in [-0.2, -0.15) is 0 Å². The second kappa shape index (κ2) is 10.8. The number of rotatable bonds is 7. The number of pyridine rings is 1. The molecule has 1 aliphatic carbocycles. The number of carbonyl (C=O) groups excluding carboxylic acids is 2. The van der Waals surface area contributed by atoms with Crippen LogP contribution in [-0.2, 0) is 11.2 Å². The van der Waals surface area contributed by atoms with Crippen molar-refractivity contribution < 1.29 is 14.0 Å². The van der Waals surface area contributed by atoms with E-state index in [2.05, 4.69) is 28.1 Å². The Kier molecular flexibility index (Phi) is 7.53. The maximum absolute atomic E-state index is 13.5. The summed E-state index contributed by atoms with van der Waals surface area (Å²) in [4.78, 5) is 39.1. The van der Waals surface area contributed by atoms with Gasteiger partial charge in [0.25, 0.3) is 5.56 Å². The molecule has 0 bridgehead atoms. The number of aryl methyl sites for hydroxylation is 1. The molecule has 1 aliphatic rings. The van der Waals surface area contributed by atoms with E-state index in [4.69, 9.17) is 0 Å². The summed E-state index contributed by atoms with van der Waals surface area (Å²) in [6, 6.07) is 16.3. The normalized spacial score (nSPS) is 15.8. The third-order valence-corrected chi connectivity index (χ3v) is 6.42. The second-order valence-corrected chi connectivity index (χ2v) is 8.70. The van der Waals surface area contributed by atoms with E-state index in [1.165, 1.54) is 41.5 Å². The first-order valence-corrected chi connectivity index (χ1v) is 11.7. The van der Waals surface area contributed by atoms with Gasteiger partial charge in [0.05, 0.1) is 18.3 Å². The monoisotopic (exact) mass is 476 g/mol. The minimum Gasteiger partial charge on any atom is -0.320 e. The summed E-state index contributed by atoms with van der Waals surface area (Å²) in [5.74, 6) is -1.28. The average molecular weight is 477 g/mol. The molecule has 0 aliphatic heterocycles. The number of hydrogen-bond donors (Lipinski definition) is 3. The van der Waals surface area contributed by atoms with Crippen molar-refractivity contribution in [1.82, 2.24) is 15.2 Å². The van der Waals surface area contributed by atoms with Gasteiger partial charge in [-0.25, -0.2) is 8.96 Å². The van der Waals surface area contributed by atoms with Crippen molar-refractivity contribution in [2.45, 2.75) is 38.3 Å². The minimum absolute atomic E-state index is 0.000626. The molecule has 0 saturated heterocycles. The molecule has 1 heterocycles. The van der Waals surface area contributed by atoms with E-state index in [1.807, 2.05) is 12.1 Å². The molecule has 35 heavy (non-hydrogen) atoms. The van der Waals surface area contributed by atoms with E-state index in [0.717, 1.165) is 23.8 Å². The van der Waals surface area contributed by atoms with Crippen molar-refractivity contribution in [3.05, 3.63) is 88.0 Å². The van der Waals surface area contributed by atoms with Gasteiger partial charge in [-0.1, -0.05) is 24.3 Å². The molecule has 3 N–H and O–H groups in total. The lowest BCUT2D eigenvalue weighted by atomic mass is 9.88. The molecule has 3 aromatic rings. The van der Waals surface area contributed by atoms with E-state index < -0.39 is 29.2 Å². The predicted molar refractivity (Wildman–Crippen MR) is 134 cm³/mol. The fourth-order valence-electron chi connectivity index (χ4n) is 4.35. The molecule has 2 atom stereocenters. The Morgan fingerprint density at radius 3 is 2.57 bits per heavy atom. The Morgan fingerprint density at radius 2 is 1.83 bits per heavy atom. The van der Waals surface area contributed by atoms with Crippen LogP contribution in [0.5, 0.6) is 0 Å². The van der Waals surface area contributed by atoms with Crippen LogP contribution in [0.1, 0.15) is 41.7 Å². The number of hydrogen-bond acceptors (Lipinski definition) is 5. The lowest BCUT2D eigenvalue weighted by Gasteiger charge is -2.26. The van der Waals surface area contributed by atoms with Crippen LogP contribution in [0.3, 0.4) is 0 Å². The summed E-state index contributed by atoms with van der Waals surface area (Å²) in [5, 5.41) is 8.72. The van der Waals surface area contributed by atoms with Gasteiger partial charge < -0.3 is 16.0 Å². The maximum atomic E-state index is 13.5. The summed E-state index contributed by atoms with van der Waals surface area (Å²) >= 11 is 0. The third kappa shape index (κ3) is 5.39. The highest BCUT2D eigenvalue weighted by Gasteiger charge is 2.23. The van der Waals surface area contributed by atoms with Crippen LogP contribution in [0.25, 0.3) is 11.3 Å². The van der Waals surface area contributed by atoms with Crippen LogP contribution < -0.4 is 21.5 Å². The second-order valence-electron chi connectivity index (χ2n) is 8.70. The molecule has 182 valence electrons. The quantitative estimate of drug-likeness (QED) is 0.485. The molecule has 4 rings (SSSR count). The first-order chi connectivity index (χ1) is 16.9. The summed E-state index contributed by atoms with van der Waals surface area (Å²) in [6.07, 6.45) is 2.90. The molecule has 7 nitrogen and oxygen atoms in total. The van der Waals surface area contributed by atoms with Crippen LogP contribution >= 0.6 is 0 Å². The van der Waals surface area contributed by atoms with E-state index >= 15 is 0 Å². The summed E-state index contributed by atoms with van der Waals surface area (Å²) < 4.78 is 14.6. The molecule has 0 fully saturated rings. The molecule has 1 aromatic heterocycles. The number of nitrogens with one attached hydrogen (secondary N) is 3. The number of nitrogens with zero attached hydrogens (tertiary/aromatic N) is 1. The third-order valence-electron chi connectivity index (χ3n) is 6.42. The number of fused-ring (bicyclic) bond motifs is 1. The van der Waals surface area contributed by atoms with Crippen LogP contribution in [0, 0.1) is 5.82 Å². The molecule has 1 amide bonds. The number of carbonyl (C=O) groups is 2. The fraction of sp³-hybridized carbons (Fsp3) is 0.296. The van der Waals surface area contributed by atoms with E-state index in [9.17, 15) is 18.8 Å². The SMILES string of the molecule is CNC(C)C(=O)Nc1ccc(-c2ccc(F)cc2)n(C(=O)CNC2CCCc3ccccc32)c1=O. The molecule has 2 aromatic carbocycles. The molecular weight excluding hydrogens is 447 g/mol. The summed E-state index contributed by atoms with van der Waals surface area (Å²) in [5.41, 5.74) is 2.63. The average Bonchev–Trinajstić information content (AvgIpc) is 2.88. The van der Waals surface area contributed by atoms with Crippen LogP contribution in [0.4, 0.5) is 10.1 Å². The molecule has 8 heteroatoms. The minimum atomic E-state index is -0.640. The van der Waals surface area contributed by atoms with Crippen molar-refractivity contribution in [2.75, 3.05) is 18.9 Å². The Labute approximate surface area is 203 Å². The zero-order chi connectivity index (χ0) is 24.9. The van der Waals surface area contributed by atoms with Gasteiger partial charge in [0, 0.05) is 6.04 Å². The number of amides is 1. The van der Waals surface area contributed by atoms with Gasteiger partial charge in [0.1, 0.15) is 11.5 Å². The van der Waals surface area contributed by atoms with Gasteiger partial charge >= 0.3 is 0 Å². The Bertz CT molecular complexity index is 1290. The predicted octanol–water partition coefficient (Wildman–Crippen LogP) is 3.51. The zero-order valence-electron chi connectivity index (χ0n) is 19.8. The van der Waals surface area contributed by atoms with Crippen LogP contribution in [0.15, 0.2) is 65.5 Å². The van der Waals surface area contributed by atoms with Gasteiger partial charge in [-0.05, 0) is 86.3 Å². The van der Waals surface area contributed by atoms with Gasteiger partial charge in [-0.15, -0.1) is 0 Å². The largest absolute Gasteiger partial charge is 0.320 e. The summed E-state index contributed by atoms with van der Waals surface area (Å²) in [7, 11) is 1.64. The topological polar surface area (TPSA) is 92.2 Å². The van der Waals surface area contributed by atoms with Crippen molar-refractivity contribution in [2.24, 2.45) is 0 Å². The van der Waals surface area contributed by atoms with Gasteiger partial charge in [-0.3, -0.25) is 14.4 Å². The highest BCUT2D eigenvalue weighted by molar-refractivity contribution is 5.95. The number of likely N-dealkylation sites (N-methyl/N-ethyl adjacent to an activating group) is 1. The van der Waals surface area contributed by atoms with Gasteiger partial charge in [0.2, 0.25) is 11.8 Å². The molecule has 0 saturated carbocycles. The lowest BCUT2D eigenvalue weighted by Crippen LogP contribution is -2.40. The Morgan fingerprint density at radius 1 is 1.09 bits per heavy atom. The summed E-state index contributed by atoms with van der Waals surface area (Å²) in [6.45, 7) is 1.59. The van der Waals surface area contributed by atoms with Gasteiger partial charge in [0.15, 0.2) is 0 Å². The highest BCUT2D eigenvalue weighted by Crippen LogP contribution is 2.29. The Hall–Kier alpha value is -3.62. The standard InChI is InChI=1S/C27H29FN4O3/c1-17(29-2)26(34)31-23-14-15-24(19-10-12-20(28)13-11-19)32(27(23)35)25(33)16-30-22-9-5-7-18-6-3-4-8-21(18)22/h3-4,6,8,10-15,17,22,29-30H,5,7,9,16H2,1-2H3,(H,31,34). The molecule has 2 unspecified atom stereocenters. The fourth-order valence-corrected chi connectivity index (χ4v) is 4.35. The number of aromatic nitrogens is 1. The lowest BCUT2D eigenvalue weighted by molar-refractivity contribution is -0.117. The number of anilines is 1. The van der Waals surface area contributed by atoms with Crippen LogP contribution in [0.2, 0.25) is 0 Å². The highest BCUT2D eigenvalue weighted by atomic mass is 19.1. The smallest absolute Gasteiger partial charge is 0.281 e. The zero-order valence-corrected chi connectivity index (χ0v) is 19.8. The first kappa shape index (κ1) is 24.5. The van der Waals surface area contributed by atoms with Crippen LogP contribution in [-0.4, -0.2) is 36.0 Å². The van der Waals surface area contributed by atoms with E-state index in [0.29, 0.717) is 11.3 Å². The van der Waals surface area contributed by atoms with Crippen molar-refractivity contribution in [1.29, 1.82) is 0 Å². The molecular formula is C27H29FN4O3. The first-order valence-electron chi connectivity index (χ1n) is 11.7. The van der Waals surface area contributed by atoms with E-state index in [1.54, 1.807) is 20.0 Å². The van der Waals surface area contributed by atoms with Crippen molar-refractivity contribution in [3.63, 3.8) is 0 Å². The van der Waals surface area contributed by atoms with Crippen molar-refractivity contribution in [3.8, 4) is 11.3 Å². The number of benzene rings is 2. The Balaban J connectivity index is 1.66. The number of halogens is 1. The van der Waals surface area contributed by atoms with Crippen molar-refractivity contribution >= 4 is 17.5 Å².